The lowest BCUT2D eigenvalue weighted by atomic mass is 10.1. The quantitative estimate of drug-likeness (QED) is 0.858. The second-order valence-electron chi connectivity index (χ2n) is 4.27. The van der Waals surface area contributed by atoms with Crippen molar-refractivity contribution < 1.29 is 0 Å². The van der Waals surface area contributed by atoms with Crippen LogP contribution in [-0.2, 0) is 0 Å². The van der Waals surface area contributed by atoms with Gasteiger partial charge in [-0.05, 0) is 49.4 Å². The molecule has 1 atom stereocenters. The minimum absolute atomic E-state index is 0.351. The lowest BCUT2D eigenvalue weighted by Gasteiger charge is -2.12. The summed E-state index contributed by atoms with van der Waals surface area (Å²) < 4.78 is 1.10. The molecule has 19 heavy (non-hydrogen) atoms. The Morgan fingerprint density at radius 1 is 1.21 bits per heavy atom. The van der Waals surface area contributed by atoms with E-state index in [2.05, 4.69) is 64.3 Å². The van der Waals surface area contributed by atoms with E-state index in [-0.39, 0.29) is 0 Å². The van der Waals surface area contributed by atoms with Gasteiger partial charge in [-0.1, -0.05) is 40.7 Å². The summed E-state index contributed by atoms with van der Waals surface area (Å²) in [6, 6.07) is 12.8. The molecule has 0 spiro atoms. The van der Waals surface area contributed by atoms with Crippen molar-refractivity contribution in [3.63, 3.8) is 0 Å². The minimum atomic E-state index is 0.351. The Balaban J connectivity index is 2.04. The first-order valence-electron chi connectivity index (χ1n) is 6.32. The summed E-state index contributed by atoms with van der Waals surface area (Å²) in [5.74, 6) is 0. The first kappa shape index (κ1) is 14.6. The zero-order chi connectivity index (χ0) is 13.7. The molecule has 1 unspecified atom stereocenters. The standard InChI is InChI=1S/C15H17BrN2S/c1-3-17-11(2)12-4-9-15(18-10-12)19-14-7-5-13(16)6-8-14/h4-11,17H,3H2,1-2H3. The number of hydrogen-bond donors (Lipinski definition) is 1. The molecule has 2 nitrogen and oxygen atoms in total. The first-order valence-corrected chi connectivity index (χ1v) is 7.92. The summed E-state index contributed by atoms with van der Waals surface area (Å²) in [6.07, 6.45) is 1.95. The van der Waals surface area contributed by atoms with Gasteiger partial charge in [0.05, 0.1) is 0 Å². The van der Waals surface area contributed by atoms with Gasteiger partial charge >= 0.3 is 0 Å². The second kappa shape index (κ2) is 7.08. The van der Waals surface area contributed by atoms with Crippen molar-refractivity contribution in [3.8, 4) is 0 Å². The van der Waals surface area contributed by atoms with Crippen LogP contribution in [-0.4, -0.2) is 11.5 Å². The van der Waals surface area contributed by atoms with Crippen LogP contribution in [0.1, 0.15) is 25.5 Å². The molecule has 1 aromatic heterocycles. The summed E-state index contributed by atoms with van der Waals surface area (Å²) >= 11 is 5.12. The summed E-state index contributed by atoms with van der Waals surface area (Å²) in [5.41, 5.74) is 1.22. The maximum absolute atomic E-state index is 4.51. The molecule has 0 saturated carbocycles. The highest BCUT2D eigenvalue weighted by atomic mass is 79.9. The van der Waals surface area contributed by atoms with E-state index in [0.717, 1.165) is 16.0 Å². The summed E-state index contributed by atoms with van der Waals surface area (Å²) in [4.78, 5) is 5.71. The van der Waals surface area contributed by atoms with Crippen LogP contribution in [0.5, 0.6) is 0 Å². The third-order valence-electron chi connectivity index (χ3n) is 2.81. The third kappa shape index (κ3) is 4.34. The van der Waals surface area contributed by atoms with Crippen LogP contribution in [0, 0.1) is 0 Å². The van der Waals surface area contributed by atoms with E-state index in [1.807, 2.05) is 18.3 Å². The molecular formula is C15H17BrN2S. The van der Waals surface area contributed by atoms with Crippen molar-refractivity contribution in [2.45, 2.75) is 29.8 Å². The molecule has 0 saturated heterocycles. The Hall–Kier alpha value is -0.840. The van der Waals surface area contributed by atoms with Crippen molar-refractivity contribution in [2.75, 3.05) is 6.54 Å². The van der Waals surface area contributed by atoms with Crippen LogP contribution in [0.4, 0.5) is 0 Å². The second-order valence-corrected chi connectivity index (χ2v) is 6.27. The van der Waals surface area contributed by atoms with Crippen molar-refractivity contribution in [1.29, 1.82) is 0 Å². The lowest BCUT2D eigenvalue weighted by Crippen LogP contribution is -2.17. The van der Waals surface area contributed by atoms with E-state index in [0.29, 0.717) is 6.04 Å². The topological polar surface area (TPSA) is 24.9 Å². The van der Waals surface area contributed by atoms with Gasteiger partial charge in [-0.15, -0.1) is 0 Å². The molecule has 2 aromatic rings. The molecule has 0 bridgehead atoms. The highest BCUT2D eigenvalue weighted by Gasteiger charge is 2.05. The fraction of sp³-hybridized carbons (Fsp3) is 0.267. The maximum Gasteiger partial charge on any atom is 0.101 e. The van der Waals surface area contributed by atoms with Crippen molar-refractivity contribution in [1.82, 2.24) is 10.3 Å². The number of hydrogen-bond acceptors (Lipinski definition) is 3. The van der Waals surface area contributed by atoms with Crippen LogP contribution in [0.2, 0.25) is 0 Å². The Kier molecular flexibility index (Phi) is 5.43. The van der Waals surface area contributed by atoms with Gasteiger partial charge in [0, 0.05) is 21.6 Å². The number of nitrogens with one attached hydrogen (secondary N) is 1. The van der Waals surface area contributed by atoms with Crippen LogP contribution in [0.15, 0.2) is 57.0 Å². The lowest BCUT2D eigenvalue weighted by molar-refractivity contribution is 0.595. The van der Waals surface area contributed by atoms with Gasteiger partial charge in [0.25, 0.3) is 0 Å². The Morgan fingerprint density at radius 2 is 1.95 bits per heavy atom. The highest BCUT2D eigenvalue weighted by Crippen LogP contribution is 2.27. The molecule has 0 aliphatic carbocycles. The molecular weight excluding hydrogens is 320 g/mol. The smallest absolute Gasteiger partial charge is 0.101 e. The van der Waals surface area contributed by atoms with Gasteiger partial charge in [0.1, 0.15) is 5.03 Å². The average Bonchev–Trinajstić information content (AvgIpc) is 2.42. The molecule has 0 aliphatic rings. The number of halogens is 1. The molecule has 1 heterocycles. The Bertz CT molecular complexity index is 511. The zero-order valence-corrected chi connectivity index (χ0v) is 13.5. The van der Waals surface area contributed by atoms with Gasteiger partial charge in [-0.3, -0.25) is 0 Å². The van der Waals surface area contributed by atoms with E-state index in [1.54, 1.807) is 11.8 Å². The third-order valence-corrected chi connectivity index (χ3v) is 4.29. The molecule has 1 N–H and O–H groups in total. The number of pyridine rings is 1. The fourth-order valence-electron chi connectivity index (χ4n) is 1.76. The first-order chi connectivity index (χ1) is 9.19. The molecule has 0 amide bonds. The van der Waals surface area contributed by atoms with E-state index in [1.165, 1.54) is 10.5 Å². The Labute approximate surface area is 127 Å². The van der Waals surface area contributed by atoms with Gasteiger partial charge in [0.15, 0.2) is 0 Å². The van der Waals surface area contributed by atoms with Gasteiger partial charge in [-0.2, -0.15) is 0 Å². The van der Waals surface area contributed by atoms with Crippen molar-refractivity contribution in [2.24, 2.45) is 0 Å². The van der Waals surface area contributed by atoms with Gasteiger partial charge in [-0.25, -0.2) is 4.98 Å². The summed E-state index contributed by atoms with van der Waals surface area (Å²) in [7, 11) is 0. The van der Waals surface area contributed by atoms with Crippen LogP contribution < -0.4 is 5.32 Å². The SMILES string of the molecule is CCNC(C)c1ccc(Sc2ccc(Br)cc2)nc1. The maximum atomic E-state index is 4.51. The van der Waals surface area contributed by atoms with Crippen LogP contribution in [0.3, 0.4) is 0 Å². The predicted octanol–water partition coefficient (Wildman–Crippen LogP) is 4.67. The molecule has 0 radical (unpaired) electrons. The average molecular weight is 337 g/mol. The molecule has 2 rings (SSSR count). The summed E-state index contributed by atoms with van der Waals surface area (Å²) in [5, 5.41) is 4.41. The normalized spacial score (nSPS) is 12.4. The van der Waals surface area contributed by atoms with Crippen molar-refractivity contribution >= 4 is 27.7 Å². The number of aromatic nitrogens is 1. The van der Waals surface area contributed by atoms with Crippen molar-refractivity contribution in [3.05, 3.63) is 52.6 Å². The molecule has 0 aliphatic heterocycles. The number of benzene rings is 1. The van der Waals surface area contributed by atoms with Crippen LogP contribution in [0.25, 0.3) is 0 Å². The van der Waals surface area contributed by atoms with E-state index >= 15 is 0 Å². The number of nitrogens with zero attached hydrogens (tertiary/aromatic N) is 1. The molecule has 100 valence electrons. The Morgan fingerprint density at radius 3 is 2.53 bits per heavy atom. The van der Waals surface area contributed by atoms with Gasteiger partial charge < -0.3 is 5.32 Å². The monoisotopic (exact) mass is 336 g/mol. The van der Waals surface area contributed by atoms with E-state index < -0.39 is 0 Å². The fourth-order valence-corrected chi connectivity index (χ4v) is 2.78. The molecule has 1 aromatic carbocycles. The summed E-state index contributed by atoms with van der Waals surface area (Å²) in [6.45, 7) is 5.24. The molecule has 0 fully saturated rings. The minimum Gasteiger partial charge on any atom is -0.310 e. The van der Waals surface area contributed by atoms with E-state index in [9.17, 15) is 0 Å². The van der Waals surface area contributed by atoms with Crippen LogP contribution >= 0.6 is 27.7 Å². The predicted molar refractivity (Wildman–Crippen MR) is 84.6 cm³/mol. The molecule has 4 heteroatoms. The van der Waals surface area contributed by atoms with E-state index in [4.69, 9.17) is 0 Å². The number of rotatable bonds is 5. The van der Waals surface area contributed by atoms with Gasteiger partial charge in [0.2, 0.25) is 0 Å². The largest absolute Gasteiger partial charge is 0.310 e. The highest BCUT2D eigenvalue weighted by molar-refractivity contribution is 9.10. The zero-order valence-electron chi connectivity index (χ0n) is 11.1.